The number of carbonyl (C=O) groups excluding carboxylic acids is 3. The van der Waals surface area contributed by atoms with Crippen LogP contribution in [0.15, 0.2) is 91.0 Å². The minimum absolute atomic E-state index is 0.0295. The molecule has 7 nitrogen and oxygen atoms in total. The number of nitrogens with one attached hydrogen (secondary N) is 1. The summed E-state index contributed by atoms with van der Waals surface area (Å²) in [5.74, 6) is -1.36. The van der Waals surface area contributed by atoms with E-state index in [1.54, 1.807) is 48.5 Å². The van der Waals surface area contributed by atoms with Crippen LogP contribution >= 0.6 is 0 Å². The third kappa shape index (κ3) is 3.18. The number of benzene rings is 4. The molecule has 0 aliphatic carbocycles. The number of carbonyl (C=O) groups is 3. The van der Waals surface area contributed by atoms with Crippen LogP contribution in [0.3, 0.4) is 0 Å². The zero-order valence-electron chi connectivity index (χ0n) is 17.7. The fourth-order valence-electron chi connectivity index (χ4n) is 4.07. The van der Waals surface area contributed by atoms with Crippen LogP contribution in [0.2, 0.25) is 0 Å². The zero-order chi connectivity index (χ0) is 23.2. The Kier molecular flexibility index (Phi) is 4.41. The maximum absolute atomic E-state index is 12.9. The summed E-state index contributed by atoms with van der Waals surface area (Å²) in [5.41, 5.74) is 2.58. The third-order valence-electron chi connectivity index (χ3n) is 5.78. The first kappa shape index (κ1) is 19.8. The monoisotopic (exact) mass is 444 g/mol. The smallest absolute Gasteiger partial charge is 0.286 e. The van der Waals surface area contributed by atoms with Gasteiger partial charge in [0.15, 0.2) is 11.4 Å². The molecule has 5 aromatic rings. The van der Waals surface area contributed by atoms with Crippen molar-refractivity contribution in [3.05, 3.63) is 108 Å². The first-order chi connectivity index (χ1) is 16.6. The number of amides is 3. The second-order valence-electron chi connectivity index (χ2n) is 7.92. The van der Waals surface area contributed by atoms with E-state index in [1.165, 1.54) is 0 Å². The van der Waals surface area contributed by atoms with Crippen molar-refractivity contribution in [1.82, 2.24) is 9.97 Å². The van der Waals surface area contributed by atoms with E-state index in [9.17, 15) is 14.4 Å². The highest BCUT2D eigenvalue weighted by molar-refractivity contribution is 6.33. The van der Waals surface area contributed by atoms with E-state index in [4.69, 9.17) is 0 Å². The summed E-state index contributed by atoms with van der Waals surface area (Å²) >= 11 is 0. The Morgan fingerprint density at radius 3 is 1.91 bits per heavy atom. The lowest BCUT2D eigenvalue weighted by atomic mass is 10.1. The van der Waals surface area contributed by atoms with Gasteiger partial charge in [0.1, 0.15) is 0 Å². The molecule has 0 fully saturated rings. The number of anilines is 2. The molecule has 0 saturated heterocycles. The van der Waals surface area contributed by atoms with E-state index in [0.29, 0.717) is 28.0 Å². The highest BCUT2D eigenvalue weighted by Crippen LogP contribution is 2.28. The van der Waals surface area contributed by atoms with Gasteiger partial charge in [0.2, 0.25) is 0 Å². The lowest BCUT2D eigenvalue weighted by molar-refractivity contribution is 0.0922. The number of nitrogens with zero attached hydrogens (tertiary/aromatic N) is 3. The minimum atomic E-state index is -0.536. The van der Waals surface area contributed by atoms with Crippen LogP contribution < -0.4 is 10.2 Å². The molecule has 6 rings (SSSR count). The standard InChI is InChI=1S/C27H16N4O3/c32-25(28-19-12-9-16-5-1-2-6-18(16)15-19)17-10-13-20(14-11-17)31-26(33)23-24(27(31)34)30-22-8-4-3-7-21(22)29-23/h1-15H,(H,28,32). The number of hydrogen-bond acceptors (Lipinski definition) is 5. The second-order valence-corrected chi connectivity index (χ2v) is 7.92. The van der Waals surface area contributed by atoms with Gasteiger partial charge in [0.25, 0.3) is 17.7 Å². The van der Waals surface area contributed by atoms with Crippen LogP contribution in [0.5, 0.6) is 0 Å². The lowest BCUT2D eigenvalue weighted by Gasteiger charge is -2.14. The van der Waals surface area contributed by atoms with Crippen LogP contribution in [0.25, 0.3) is 21.8 Å². The largest absolute Gasteiger partial charge is 0.322 e. The van der Waals surface area contributed by atoms with E-state index in [0.717, 1.165) is 15.7 Å². The molecule has 1 aliphatic rings. The Bertz CT molecular complexity index is 1590. The van der Waals surface area contributed by atoms with E-state index < -0.39 is 11.8 Å². The highest BCUT2D eigenvalue weighted by atomic mass is 16.2. The molecule has 1 aromatic heterocycles. The normalized spacial score (nSPS) is 12.9. The first-order valence-corrected chi connectivity index (χ1v) is 10.6. The SMILES string of the molecule is O=C(Nc1ccc2ccccc2c1)c1ccc(N2C(=O)c3nc4ccccc4nc3C2=O)cc1. The summed E-state index contributed by atoms with van der Waals surface area (Å²) in [6.45, 7) is 0. The summed E-state index contributed by atoms with van der Waals surface area (Å²) in [6, 6.07) is 27.0. The van der Waals surface area contributed by atoms with Gasteiger partial charge in [0, 0.05) is 11.3 Å². The molecule has 3 amide bonds. The average Bonchev–Trinajstić information content (AvgIpc) is 3.11. The van der Waals surface area contributed by atoms with Gasteiger partial charge in [0.05, 0.1) is 16.7 Å². The minimum Gasteiger partial charge on any atom is -0.322 e. The highest BCUT2D eigenvalue weighted by Gasteiger charge is 2.40. The van der Waals surface area contributed by atoms with Crippen LogP contribution in [0, 0.1) is 0 Å². The van der Waals surface area contributed by atoms with E-state index >= 15 is 0 Å². The molecule has 34 heavy (non-hydrogen) atoms. The van der Waals surface area contributed by atoms with Gasteiger partial charge in [-0.05, 0) is 59.3 Å². The van der Waals surface area contributed by atoms with Crippen molar-refractivity contribution in [3.8, 4) is 0 Å². The van der Waals surface area contributed by atoms with Crippen molar-refractivity contribution in [2.24, 2.45) is 0 Å². The average molecular weight is 444 g/mol. The molecule has 0 radical (unpaired) electrons. The predicted molar refractivity (Wildman–Crippen MR) is 129 cm³/mol. The van der Waals surface area contributed by atoms with Crippen molar-refractivity contribution in [2.45, 2.75) is 0 Å². The predicted octanol–water partition coefficient (Wildman–Crippen LogP) is 4.84. The molecule has 2 heterocycles. The summed E-state index contributed by atoms with van der Waals surface area (Å²) < 4.78 is 0. The van der Waals surface area contributed by atoms with Crippen molar-refractivity contribution < 1.29 is 14.4 Å². The molecular formula is C27H16N4O3. The van der Waals surface area contributed by atoms with Gasteiger partial charge in [-0.25, -0.2) is 14.9 Å². The van der Waals surface area contributed by atoms with Crippen LogP contribution in [-0.2, 0) is 0 Å². The summed E-state index contributed by atoms with van der Waals surface area (Å²) in [7, 11) is 0. The maximum atomic E-state index is 12.9. The van der Waals surface area contributed by atoms with Crippen LogP contribution in [-0.4, -0.2) is 27.7 Å². The van der Waals surface area contributed by atoms with Gasteiger partial charge in [-0.1, -0.05) is 42.5 Å². The number of imide groups is 1. The number of para-hydroxylation sites is 2. The fraction of sp³-hybridized carbons (Fsp3) is 0. The van der Waals surface area contributed by atoms with Gasteiger partial charge in [-0.2, -0.15) is 0 Å². The molecular weight excluding hydrogens is 428 g/mol. The third-order valence-corrected chi connectivity index (χ3v) is 5.78. The summed E-state index contributed by atoms with van der Waals surface area (Å²) in [4.78, 5) is 48.3. The zero-order valence-corrected chi connectivity index (χ0v) is 17.7. The first-order valence-electron chi connectivity index (χ1n) is 10.6. The topological polar surface area (TPSA) is 92.3 Å². The molecule has 1 aliphatic heterocycles. The van der Waals surface area contributed by atoms with E-state index in [-0.39, 0.29) is 17.3 Å². The molecule has 0 atom stereocenters. The van der Waals surface area contributed by atoms with Crippen molar-refractivity contribution in [3.63, 3.8) is 0 Å². The molecule has 4 aromatic carbocycles. The van der Waals surface area contributed by atoms with E-state index in [2.05, 4.69) is 15.3 Å². The van der Waals surface area contributed by atoms with Crippen molar-refractivity contribution in [1.29, 1.82) is 0 Å². The number of fused-ring (bicyclic) bond motifs is 3. The van der Waals surface area contributed by atoms with Crippen LogP contribution in [0.4, 0.5) is 11.4 Å². The lowest BCUT2D eigenvalue weighted by Crippen LogP contribution is -2.29. The molecule has 1 N–H and O–H groups in total. The fourth-order valence-corrected chi connectivity index (χ4v) is 4.07. The quantitative estimate of drug-likeness (QED) is 0.402. The molecule has 0 saturated carbocycles. The maximum Gasteiger partial charge on any atom is 0.286 e. The van der Waals surface area contributed by atoms with Gasteiger partial charge < -0.3 is 5.32 Å². The van der Waals surface area contributed by atoms with Crippen LogP contribution in [0.1, 0.15) is 31.3 Å². The molecule has 0 bridgehead atoms. The number of aromatic nitrogens is 2. The Labute approximate surface area is 193 Å². The second kappa shape index (κ2) is 7.60. The van der Waals surface area contributed by atoms with Crippen molar-refractivity contribution in [2.75, 3.05) is 10.2 Å². The Morgan fingerprint density at radius 2 is 1.26 bits per heavy atom. The summed E-state index contributed by atoms with van der Waals surface area (Å²) in [5, 5.41) is 4.99. The van der Waals surface area contributed by atoms with E-state index in [1.807, 2.05) is 42.5 Å². The number of hydrogen-bond donors (Lipinski definition) is 1. The van der Waals surface area contributed by atoms with Crippen molar-refractivity contribution >= 4 is 50.9 Å². The van der Waals surface area contributed by atoms with Gasteiger partial charge in [-0.3, -0.25) is 14.4 Å². The molecule has 162 valence electrons. The Balaban J connectivity index is 1.25. The molecule has 0 unspecified atom stereocenters. The Hall–Kier alpha value is -4.91. The summed E-state index contributed by atoms with van der Waals surface area (Å²) in [6.07, 6.45) is 0. The Morgan fingerprint density at radius 1 is 0.676 bits per heavy atom. The molecule has 0 spiro atoms. The number of rotatable bonds is 3. The van der Waals surface area contributed by atoms with Gasteiger partial charge >= 0.3 is 0 Å². The van der Waals surface area contributed by atoms with Gasteiger partial charge in [-0.15, -0.1) is 0 Å². The molecule has 7 heteroatoms.